The minimum Gasteiger partial charge on any atom is -0.384 e. The van der Waals surface area contributed by atoms with Crippen molar-refractivity contribution in [2.24, 2.45) is 0 Å². The number of benzene rings is 1. The van der Waals surface area contributed by atoms with Gasteiger partial charge >= 0.3 is 11.8 Å². The number of piperazine rings is 1. The molecule has 41 heavy (non-hydrogen) atoms. The molecule has 2 fully saturated rings. The molecule has 216 valence electrons. The summed E-state index contributed by atoms with van der Waals surface area (Å²) < 4.78 is 18.8. The van der Waals surface area contributed by atoms with Crippen molar-refractivity contribution in [3.8, 4) is 0 Å². The van der Waals surface area contributed by atoms with Crippen LogP contribution in [0.4, 0.5) is 27.5 Å². The van der Waals surface area contributed by atoms with Gasteiger partial charge in [0.1, 0.15) is 29.6 Å². The largest absolute Gasteiger partial charge is 0.384 e. The van der Waals surface area contributed by atoms with Crippen LogP contribution in [0.25, 0.3) is 0 Å². The summed E-state index contributed by atoms with van der Waals surface area (Å²) in [5, 5.41) is 5.43. The van der Waals surface area contributed by atoms with Crippen molar-refractivity contribution in [3.63, 3.8) is 0 Å². The number of rotatable bonds is 8. The van der Waals surface area contributed by atoms with Crippen LogP contribution in [-0.4, -0.2) is 85.3 Å². The van der Waals surface area contributed by atoms with Crippen LogP contribution in [0, 0.1) is 5.82 Å². The molecular weight excluding hydrogens is 529 g/mol. The maximum Gasteiger partial charge on any atom is 0.309 e. The number of nitrogens with zero attached hydrogens (tertiary/aromatic N) is 6. The minimum absolute atomic E-state index is 0.0336. The molecule has 0 unspecified atom stereocenters. The summed E-state index contributed by atoms with van der Waals surface area (Å²) in [6.07, 6.45) is 3.73. The van der Waals surface area contributed by atoms with Gasteiger partial charge < -0.3 is 35.8 Å². The standard InChI is InChI=1S/C28H34FN9O3/c1-41-23-13-22(38(17-23)26-14-24(30)34-18-35-26)16-33-28(40)27(39)32-15-19-6-7-31-25(12-19)37-10-8-36(9-11-37)21-4-2-20(29)3-5-21/h2-7,12,14,18,22-23H,8-11,13,15-17H2,1H3,(H,32,39)(H,33,40)(H2,30,34,35)/t22-,23-/m1/s1. The maximum atomic E-state index is 13.2. The van der Waals surface area contributed by atoms with Crippen LogP contribution in [0.2, 0.25) is 0 Å². The minimum atomic E-state index is -0.713. The highest BCUT2D eigenvalue weighted by molar-refractivity contribution is 6.35. The second-order valence-electron chi connectivity index (χ2n) is 10.1. The van der Waals surface area contributed by atoms with Crippen LogP contribution in [0.1, 0.15) is 12.0 Å². The van der Waals surface area contributed by atoms with E-state index in [1.807, 2.05) is 17.0 Å². The molecule has 2 aliphatic rings. The number of amides is 2. The van der Waals surface area contributed by atoms with Gasteiger partial charge in [0.25, 0.3) is 0 Å². The van der Waals surface area contributed by atoms with Crippen LogP contribution >= 0.6 is 0 Å². The van der Waals surface area contributed by atoms with E-state index in [9.17, 15) is 14.0 Å². The first kappa shape index (κ1) is 28.0. The number of ether oxygens (including phenoxy) is 1. The number of pyridine rings is 1. The molecule has 2 aromatic heterocycles. The number of nitrogens with two attached hydrogens (primary N) is 1. The Labute approximate surface area is 237 Å². The smallest absolute Gasteiger partial charge is 0.309 e. The third kappa shape index (κ3) is 6.98. The number of nitrogens with one attached hydrogen (secondary N) is 2. The van der Waals surface area contributed by atoms with E-state index in [1.165, 1.54) is 18.5 Å². The molecule has 2 amide bonds. The van der Waals surface area contributed by atoms with E-state index in [-0.39, 0.29) is 31.1 Å². The van der Waals surface area contributed by atoms with Gasteiger partial charge in [-0.05, 0) is 48.4 Å². The van der Waals surface area contributed by atoms with E-state index in [4.69, 9.17) is 10.5 Å². The van der Waals surface area contributed by atoms with Crippen molar-refractivity contribution >= 4 is 35.0 Å². The second kappa shape index (κ2) is 12.8. The first-order chi connectivity index (χ1) is 19.9. The number of methoxy groups -OCH3 is 1. The van der Waals surface area contributed by atoms with Crippen molar-refractivity contribution in [2.45, 2.75) is 25.1 Å². The third-order valence-corrected chi connectivity index (χ3v) is 7.44. The lowest BCUT2D eigenvalue weighted by Crippen LogP contribution is -2.47. The Balaban J connectivity index is 1.10. The van der Waals surface area contributed by atoms with E-state index < -0.39 is 11.8 Å². The zero-order valence-corrected chi connectivity index (χ0v) is 22.9. The topological polar surface area (TPSA) is 142 Å². The summed E-state index contributed by atoms with van der Waals surface area (Å²) in [5.41, 5.74) is 7.64. The highest BCUT2D eigenvalue weighted by Gasteiger charge is 2.33. The van der Waals surface area contributed by atoms with Gasteiger partial charge in [-0.1, -0.05) is 0 Å². The number of halogens is 1. The average Bonchev–Trinajstić information content (AvgIpc) is 3.43. The van der Waals surface area contributed by atoms with Gasteiger partial charge in [-0.15, -0.1) is 0 Å². The molecule has 2 saturated heterocycles. The summed E-state index contributed by atoms with van der Waals surface area (Å²) in [4.78, 5) is 44.2. The van der Waals surface area contributed by atoms with Crippen molar-refractivity contribution < 1.29 is 18.7 Å². The number of carbonyl (C=O) groups is 2. The fourth-order valence-corrected chi connectivity index (χ4v) is 5.18. The fourth-order valence-electron chi connectivity index (χ4n) is 5.18. The number of hydrogen-bond donors (Lipinski definition) is 3. The van der Waals surface area contributed by atoms with Crippen molar-refractivity contribution in [1.82, 2.24) is 25.6 Å². The molecule has 2 atom stereocenters. The maximum absolute atomic E-state index is 13.2. The molecule has 0 bridgehead atoms. The Bertz CT molecular complexity index is 1350. The molecular formula is C28H34FN9O3. The lowest BCUT2D eigenvalue weighted by Gasteiger charge is -2.36. The quantitative estimate of drug-likeness (QED) is 0.339. The molecule has 4 N–H and O–H groups in total. The summed E-state index contributed by atoms with van der Waals surface area (Å²) in [6.45, 7) is 4.10. The lowest BCUT2D eigenvalue weighted by atomic mass is 10.2. The Kier molecular flexibility index (Phi) is 8.73. The molecule has 3 aromatic rings. The van der Waals surface area contributed by atoms with E-state index in [0.29, 0.717) is 24.6 Å². The van der Waals surface area contributed by atoms with Gasteiger partial charge in [0, 0.05) is 70.9 Å². The molecule has 2 aliphatic heterocycles. The average molecular weight is 564 g/mol. The Morgan fingerprint density at radius 1 is 0.976 bits per heavy atom. The van der Waals surface area contributed by atoms with Crippen LogP contribution < -0.4 is 31.1 Å². The predicted octanol–water partition coefficient (Wildman–Crippen LogP) is 0.946. The SMILES string of the molecule is CO[C@@H]1C[C@H](CNC(=O)C(=O)NCc2ccnc(N3CCN(c4ccc(F)cc4)CC3)c2)N(c2cc(N)ncn2)C1. The van der Waals surface area contributed by atoms with E-state index in [1.54, 1.807) is 31.5 Å². The van der Waals surface area contributed by atoms with Gasteiger partial charge in [0.2, 0.25) is 0 Å². The number of hydrogen-bond acceptors (Lipinski definition) is 10. The first-order valence-corrected chi connectivity index (χ1v) is 13.5. The van der Waals surface area contributed by atoms with Crippen LogP contribution in [0.5, 0.6) is 0 Å². The summed E-state index contributed by atoms with van der Waals surface area (Å²) in [7, 11) is 1.64. The molecule has 5 rings (SSSR count). The number of anilines is 4. The predicted molar refractivity (Wildman–Crippen MR) is 153 cm³/mol. The Morgan fingerprint density at radius 3 is 2.44 bits per heavy atom. The molecule has 1 aromatic carbocycles. The molecule has 0 aliphatic carbocycles. The zero-order valence-electron chi connectivity index (χ0n) is 22.9. The number of aromatic nitrogens is 3. The van der Waals surface area contributed by atoms with Gasteiger partial charge in [-0.25, -0.2) is 19.3 Å². The lowest BCUT2D eigenvalue weighted by molar-refractivity contribution is -0.139. The molecule has 0 spiro atoms. The number of carbonyl (C=O) groups excluding carboxylic acids is 2. The monoisotopic (exact) mass is 563 g/mol. The Morgan fingerprint density at radius 2 is 1.71 bits per heavy atom. The third-order valence-electron chi connectivity index (χ3n) is 7.44. The van der Waals surface area contributed by atoms with Crippen molar-refractivity contribution in [1.29, 1.82) is 0 Å². The highest BCUT2D eigenvalue weighted by Crippen LogP contribution is 2.26. The summed E-state index contributed by atoms with van der Waals surface area (Å²) in [5.74, 6) is 0.132. The van der Waals surface area contributed by atoms with E-state index in [0.717, 1.165) is 43.2 Å². The summed E-state index contributed by atoms with van der Waals surface area (Å²) >= 11 is 0. The van der Waals surface area contributed by atoms with Gasteiger partial charge in [-0.2, -0.15) is 0 Å². The van der Waals surface area contributed by atoms with Crippen molar-refractivity contribution in [2.75, 3.05) is 66.8 Å². The van der Waals surface area contributed by atoms with Crippen LogP contribution in [-0.2, 0) is 20.9 Å². The van der Waals surface area contributed by atoms with E-state index in [2.05, 4.69) is 35.4 Å². The molecule has 0 radical (unpaired) electrons. The van der Waals surface area contributed by atoms with Crippen molar-refractivity contribution in [3.05, 3.63) is 66.4 Å². The van der Waals surface area contributed by atoms with Gasteiger partial charge in [-0.3, -0.25) is 9.59 Å². The van der Waals surface area contributed by atoms with Crippen LogP contribution in [0.3, 0.4) is 0 Å². The molecule has 13 heteroatoms. The fraction of sp³-hybridized carbons (Fsp3) is 0.393. The second-order valence-corrected chi connectivity index (χ2v) is 10.1. The van der Waals surface area contributed by atoms with Gasteiger partial charge in [0.05, 0.1) is 12.1 Å². The van der Waals surface area contributed by atoms with Crippen LogP contribution in [0.15, 0.2) is 55.0 Å². The normalized spacial score (nSPS) is 18.8. The number of nitrogen functional groups attached to an aromatic ring is 1. The zero-order chi connectivity index (χ0) is 28.8. The Hall–Kier alpha value is -4.52. The van der Waals surface area contributed by atoms with Gasteiger partial charge in [0.15, 0.2) is 0 Å². The molecule has 4 heterocycles. The summed E-state index contributed by atoms with van der Waals surface area (Å²) in [6, 6.07) is 11.8. The first-order valence-electron chi connectivity index (χ1n) is 13.5. The van der Waals surface area contributed by atoms with E-state index >= 15 is 0 Å². The highest BCUT2D eigenvalue weighted by atomic mass is 19.1. The molecule has 0 saturated carbocycles. The molecule has 12 nitrogen and oxygen atoms in total.